The van der Waals surface area contributed by atoms with E-state index in [2.05, 4.69) is 20.8 Å². The fourth-order valence-electron chi connectivity index (χ4n) is 4.56. The van der Waals surface area contributed by atoms with Crippen LogP contribution < -0.4 is 4.90 Å². The Morgan fingerprint density at radius 1 is 1.32 bits per heavy atom. The van der Waals surface area contributed by atoms with E-state index < -0.39 is 0 Å². The summed E-state index contributed by atoms with van der Waals surface area (Å²) in [5, 5.41) is 10.4. The summed E-state index contributed by atoms with van der Waals surface area (Å²) in [6.45, 7) is 0.986. The van der Waals surface area contributed by atoms with Gasteiger partial charge in [0.25, 0.3) is 0 Å². The number of hydrogen-bond donors (Lipinski definition) is 1. The predicted molar refractivity (Wildman–Crippen MR) is 76.4 cm³/mol. The van der Waals surface area contributed by atoms with E-state index in [1.165, 1.54) is 0 Å². The molecule has 1 aromatic rings. The van der Waals surface area contributed by atoms with E-state index in [4.69, 9.17) is 0 Å². The predicted octanol–water partition coefficient (Wildman–Crippen LogP) is 2.47. The first-order chi connectivity index (χ1) is 9.19. The number of anilines is 1. The number of carbonyl (C=O) groups is 1. The van der Waals surface area contributed by atoms with Crippen molar-refractivity contribution in [3.05, 3.63) is 28.2 Å². The number of hydrogen-bond acceptors (Lipinski definition) is 3. The van der Waals surface area contributed by atoms with Crippen molar-refractivity contribution >= 4 is 27.9 Å². The molecule has 4 rings (SSSR count). The molecular weight excluding hydrogens is 306 g/mol. The van der Waals surface area contributed by atoms with Crippen LogP contribution in [0.1, 0.15) is 23.2 Å². The van der Waals surface area contributed by atoms with Crippen LogP contribution in [-0.2, 0) is 0 Å². The van der Waals surface area contributed by atoms with Crippen molar-refractivity contribution in [2.75, 3.05) is 11.4 Å². The van der Waals surface area contributed by atoms with Crippen molar-refractivity contribution in [1.29, 1.82) is 0 Å². The molecule has 100 valence electrons. The maximum Gasteiger partial charge on any atom is 0.152 e. The number of aldehydes is 1. The van der Waals surface area contributed by atoms with Crippen LogP contribution in [0.25, 0.3) is 0 Å². The van der Waals surface area contributed by atoms with Crippen LogP contribution in [0, 0.1) is 17.8 Å². The van der Waals surface area contributed by atoms with E-state index in [0.29, 0.717) is 17.8 Å². The molecular formula is C15H16BrNO2. The fourth-order valence-corrected chi connectivity index (χ4v) is 4.90. The van der Waals surface area contributed by atoms with Crippen molar-refractivity contribution in [3.8, 4) is 0 Å². The molecule has 5 atom stereocenters. The van der Waals surface area contributed by atoms with Gasteiger partial charge in [-0.15, -0.1) is 0 Å². The van der Waals surface area contributed by atoms with Gasteiger partial charge >= 0.3 is 0 Å². The highest BCUT2D eigenvalue weighted by molar-refractivity contribution is 9.10. The Hall–Kier alpha value is -0.870. The summed E-state index contributed by atoms with van der Waals surface area (Å²) < 4.78 is 0.983. The zero-order chi connectivity index (χ0) is 13.1. The van der Waals surface area contributed by atoms with Gasteiger partial charge in [-0.1, -0.05) is 15.9 Å². The average Bonchev–Trinajstić information content (AvgIpc) is 2.99. The summed E-state index contributed by atoms with van der Waals surface area (Å²) in [6, 6.07) is 5.97. The Kier molecular flexibility index (Phi) is 2.55. The summed E-state index contributed by atoms with van der Waals surface area (Å²) in [6.07, 6.45) is 3.02. The van der Waals surface area contributed by atoms with Crippen LogP contribution in [0.15, 0.2) is 22.7 Å². The van der Waals surface area contributed by atoms with Gasteiger partial charge < -0.3 is 10.0 Å². The average molecular weight is 322 g/mol. The van der Waals surface area contributed by atoms with Gasteiger partial charge in [-0.3, -0.25) is 4.79 Å². The summed E-state index contributed by atoms with van der Waals surface area (Å²) in [5.41, 5.74) is 1.70. The molecule has 19 heavy (non-hydrogen) atoms. The Balaban J connectivity index is 1.78. The van der Waals surface area contributed by atoms with Gasteiger partial charge in [0.2, 0.25) is 0 Å². The summed E-state index contributed by atoms with van der Waals surface area (Å²) in [7, 11) is 0. The zero-order valence-electron chi connectivity index (χ0n) is 10.5. The lowest BCUT2D eigenvalue weighted by Crippen LogP contribution is -2.41. The maximum atomic E-state index is 11.3. The Morgan fingerprint density at radius 2 is 2.16 bits per heavy atom. The summed E-state index contributed by atoms with van der Waals surface area (Å²) in [4.78, 5) is 13.5. The molecule has 0 amide bonds. The standard InChI is InChI=1S/C15H16BrNO2/c16-11-2-1-8(7-18)13(5-11)17-6-10-3-9-4-12(10)14(17)15(9)19/h1-2,5,7,9-10,12,14-15,19H,3-4,6H2. The number of aliphatic hydroxyl groups is 1. The quantitative estimate of drug-likeness (QED) is 0.851. The molecule has 4 heteroatoms. The molecule has 0 spiro atoms. The number of halogens is 1. The molecule has 2 aliphatic carbocycles. The zero-order valence-corrected chi connectivity index (χ0v) is 12.1. The molecule has 3 aliphatic rings. The third-order valence-corrected chi connectivity index (χ3v) is 5.77. The minimum atomic E-state index is -0.220. The fraction of sp³-hybridized carbons (Fsp3) is 0.533. The maximum absolute atomic E-state index is 11.3. The van der Waals surface area contributed by atoms with Gasteiger partial charge in [-0.05, 0) is 48.8 Å². The van der Waals surface area contributed by atoms with Crippen LogP contribution >= 0.6 is 15.9 Å². The first-order valence-corrected chi connectivity index (χ1v) is 7.68. The van der Waals surface area contributed by atoms with Gasteiger partial charge in [0, 0.05) is 22.3 Å². The van der Waals surface area contributed by atoms with Crippen LogP contribution in [0.2, 0.25) is 0 Å². The highest BCUT2D eigenvalue weighted by Gasteiger charge is 2.59. The second-order valence-electron chi connectivity index (χ2n) is 6.11. The molecule has 3 nitrogen and oxygen atoms in total. The van der Waals surface area contributed by atoms with Crippen molar-refractivity contribution in [2.45, 2.75) is 25.0 Å². The summed E-state index contributed by atoms with van der Waals surface area (Å²) >= 11 is 3.48. The Labute approximate surface area is 120 Å². The second kappa shape index (κ2) is 4.06. The molecule has 0 aromatic heterocycles. The number of nitrogens with zero attached hydrogens (tertiary/aromatic N) is 1. The highest BCUT2D eigenvalue weighted by atomic mass is 79.9. The van der Waals surface area contributed by atoms with Crippen LogP contribution in [0.3, 0.4) is 0 Å². The van der Waals surface area contributed by atoms with E-state index >= 15 is 0 Å². The van der Waals surface area contributed by atoms with Crippen molar-refractivity contribution < 1.29 is 9.90 Å². The summed E-state index contributed by atoms with van der Waals surface area (Å²) in [5.74, 6) is 1.81. The normalized spacial score (nSPS) is 39.1. The second-order valence-corrected chi connectivity index (χ2v) is 7.03. The van der Waals surface area contributed by atoms with Gasteiger partial charge in [-0.2, -0.15) is 0 Å². The van der Waals surface area contributed by atoms with Gasteiger partial charge in [0.05, 0.1) is 12.1 Å². The van der Waals surface area contributed by atoms with Crippen molar-refractivity contribution in [1.82, 2.24) is 0 Å². The van der Waals surface area contributed by atoms with Gasteiger partial charge in [0.15, 0.2) is 6.29 Å². The lowest BCUT2D eigenvalue weighted by molar-refractivity contribution is 0.0965. The Morgan fingerprint density at radius 3 is 2.89 bits per heavy atom. The third kappa shape index (κ3) is 1.56. The molecule has 2 saturated carbocycles. The van der Waals surface area contributed by atoms with Crippen molar-refractivity contribution in [3.63, 3.8) is 0 Å². The smallest absolute Gasteiger partial charge is 0.152 e. The lowest BCUT2D eigenvalue weighted by atomic mass is 9.88. The molecule has 2 bridgehead atoms. The minimum absolute atomic E-state index is 0.219. The highest BCUT2D eigenvalue weighted by Crippen LogP contribution is 2.56. The molecule has 1 aliphatic heterocycles. The third-order valence-electron chi connectivity index (χ3n) is 5.28. The van der Waals surface area contributed by atoms with E-state index in [1.54, 1.807) is 0 Å². The van der Waals surface area contributed by atoms with E-state index in [0.717, 1.165) is 41.4 Å². The molecule has 1 heterocycles. The first-order valence-electron chi connectivity index (χ1n) is 6.88. The van der Waals surface area contributed by atoms with Crippen LogP contribution in [0.5, 0.6) is 0 Å². The van der Waals surface area contributed by atoms with E-state index in [-0.39, 0.29) is 12.1 Å². The molecule has 1 saturated heterocycles. The Bertz CT molecular complexity index is 545. The van der Waals surface area contributed by atoms with E-state index in [1.807, 2.05) is 18.2 Å². The van der Waals surface area contributed by atoms with Crippen molar-refractivity contribution in [2.24, 2.45) is 17.8 Å². The largest absolute Gasteiger partial charge is 0.391 e. The first kappa shape index (κ1) is 11.9. The molecule has 5 unspecified atom stereocenters. The number of rotatable bonds is 2. The van der Waals surface area contributed by atoms with Gasteiger partial charge in [-0.25, -0.2) is 0 Å². The number of benzene rings is 1. The monoisotopic (exact) mass is 321 g/mol. The molecule has 1 aromatic carbocycles. The molecule has 3 fully saturated rings. The number of aliphatic hydroxyl groups excluding tert-OH is 1. The van der Waals surface area contributed by atoms with Gasteiger partial charge in [0.1, 0.15) is 0 Å². The van der Waals surface area contributed by atoms with E-state index in [9.17, 15) is 9.90 Å². The topological polar surface area (TPSA) is 40.5 Å². The number of carbonyl (C=O) groups excluding carboxylic acids is 1. The molecule has 0 radical (unpaired) electrons. The molecule has 1 N–H and O–H groups in total. The number of fused-ring (bicyclic) bond motifs is 1. The van der Waals surface area contributed by atoms with Crippen LogP contribution in [-0.4, -0.2) is 30.1 Å². The minimum Gasteiger partial charge on any atom is -0.391 e. The van der Waals surface area contributed by atoms with Crippen LogP contribution in [0.4, 0.5) is 5.69 Å². The SMILES string of the molecule is O=Cc1ccc(Br)cc1N1CC2CC3CC2C1C3O. The lowest BCUT2D eigenvalue weighted by Gasteiger charge is -2.31.